The van der Waals surface area contributed by atoms with Crippen LogP contribution < -0.4 is 10.6 Å². The second kappa shape index (κ2) is 13.5. The first kappa shape index (κ1) is 27.7. The third-order valence-corrected chi connectivity index (χ3v) is 6.99. The predicted octanol–water partition coefficient (Wildman–Crippen LogP) is 5.28. The number of rotatable bonds is 11. The SMILES string of the molecule is CC(C)N(CC(=O)Nc1nc(CC(=O)N[C@H](Cc2ccccc2)c2ccccc2)cs1)C(=O)c1ccccc1. The number of carbonyl (C=O) groups excluding carboxylic acids is 3. The lowest BCUT2D eigenvalue weighted by molar-refractivity contribution is -0.121. The molecule has 0 unspecified atom stereocenters. The minimum atomic E-state index is -0.342. The van der Waals surface area contributed by atoms with Gasteiger partial charge in [-0.1, -0.05) is 78.9 Å². The highest BCUT2D eigenvalue weighted by atomic mass is 32.1. The number of hydrogen-bond donors (Lipinski definition) is 2. The maximum atomic E-state index is 13.0. The second-order valence-electron chi connectivity index (χ2n) is 9.48. The highest BCUT2D eigenvalue weighted by Crippen LogP contribution is 2.20. The molecule has 0 radical (unpaired) electrons. The van der Waals surface area contributed by atoms with Gasteiger partial charge >= 0.3 is 0 Å². The Kier molecular flexibility index (Phi) is 9.58. The van der Waals surface area contributed by atoms with Crippen LogP contribution >= 0.6 is 11.3 Å². The van der Waals surface area contributed by atoms with Gasteiger partial charge in [-0.05, 0) is 43.5 Å². The molecular formula is C31H32N4O3S. The molecule has 1 heterocycles. The predicted molar refractivity (Wildman–Crippen MR) is 155 cm³/mol. The summed E-state index contributed by atoms with van der Waals surface area (Å²) in [5, 5.41) is 8.06. The minimum absolute atomic E-state index is 0.0924. The fourth-order valence-corrected chi connectivity index (χ4v) is 4.92. The average Bonchev–Trinajstić information content (AvgIpc) is 3.38. The molecule has 200 valence electrons. The van der Waals surface area contributed by atoms with Crippen molar-refractivity contribution >= 4 is 34.2 Å². The Balaban J connectivity index is 1.35. The van der Waals surface area contributed by atoms with Crippen LogP contribution in [-0.4, -0.2) is 40.2 Å². The summed E-state index contributed by atoms with van der Waals surface area (Å²) < 4.78 is 0. The number of thiazole rings is 1. The molecule has 0 aliphatic rings. The quantitative estimate of drug-likeness (QED) is 0.271. The summed E-state index contributed by atoms with van der Waals surface area (Å²) in [5.74, 6) is -0.701. The monoisotopic (exact) mass is 540 g/mol. The first-order chi connectivity index (χ1) is 18.9. The lowest BCUT2D eigenvalue weighted by Crippen LogP contribution is -2.42. The smallest absolute Gasteiger partial charge is 0.254 e. The molecule has 0 bridgehead atoms. The van der Waals surface area contributed by atoms with Gasteiger partial charge in [0.25, 0.3) is 5.91 Å². The van der Waals surface area contributed by atoms with Crippen molar-refractivity contribution in [2.75, 3.05) is 11.9 Å². The largest absolute Gasteiger partial charge is 0.349 e. The number of anilines is 1. The summed E-state index contributed by atoms with van der Waals surface area (Å²) in [6.07, 6.45) is 0.762. The topological polar surface area (TPSA) is 91.4 Å². The molecule has 0 aliphatic carbocycles. The zero-order valence-electron chi connectivity index (χ0n) is 22.0. The van der Waals surface area contributed by atoms with Gasteiger partial charge < -0.3 is 15.5 Å². The van der Waals surface area contributed by atoms with Gasteiger partial charge in [-0.2, -0.15) is 0 Å². The van der Waals surface area contributed by atoms with E-state index in [0.717, 1.165) is 11.1 Å². The van der Waals surface area contributed by atoms with Gasteiger partial charge in [-0.25, -0.2) is 4.98 Å². The number of nitrogens with zero attached hydrogens (tertiary/aromatic N) is 2. The number of nitrogens with one attached hydrogen (secondary N) is 2. The lowest BCUT2D eigenvalue weighted by atomic mass is 9.98. The van der Waals surface area contributed by atoms with Crippen LogP contribution in [0.1, 0.15) is 47.1 Å². The second-order valence-corrected chi connectivity index (χ2v) is 10.3. The molecular weight excluding hydrogens is 508 g/mol. The van der Waals surface area contributed by atoms with Crippen molar-refractivity contribution in [1.82, 2.24) is 15.2 Å². The van der Waals surface area contributed by atoms with Crippen LogP contribution in [0.2, 0.25) is 0 Å². The summed E-state index contributed by atoms with van der Waals surface area (Å²) in [6, 6.07) is 28.5. The fourth-order valence-electron chi connectivity index (χ4n) is 4.19. The van der Waals surface area contributed by atoms with E-state index < -0.39 is 0 Å². The van der Waals surface area contributed by atoms with Crippen molar-refractivity contribution in [2.24, 2.45) is 0 Å². The highest BCUT2D eigenvalue weighted by Gasteiger charge is 2.22. The summed E-state index contributed by atoms with van der Waals surface area (Å²) >= 11 is 1.25. The van der Waals surface area contributed by atoms with E-state index in [4.69, 9.17) is 0 Å². The molecule has 0 fully saturated rings. The van der Waals surface area contributed by atoms with E-state index >= 15 is 0 Å². The Morgan fingerprint density at radius 2 is 1.46 bits per heavy atom. The maximum Gasteiger partial charge on any atom is 0.254 e. The Hall–Kier alpha value is -4.30. The maximum absolute atomic E-state index is 13.0. The van der Waals surface area contributed by atoms with E-state index in [2.05, 4.69) is 15.6 Å². The molecule has 39 heavy (non-hydrogen) atoms. The number of hydrogen-bond acceptors (Lipinski definition) is 5. The van der Waals surface area contributed by atoms with Gasteiger partial charge in [0.05, 0.1) is 18.2 Å². The molecule has 3 amide bonds. The Morgan fingerprint density at radius 3 is 2.10 bits per heavy atom. The molecule has 0 saturated carbocycles. The van der Waals surface area contributed by atoms with Crippen LogP contribution in [0.4, 0.5) is 5.13 Å². The van der Waals surface area contributed by atoms with E-state index in [1.165, 1.54) is 16.2 Å². The summed E-state index contributed by atoms with van der Waals surface area (Å²) in [5.41, 5.74) is 3.26. The standard InChI is InChI=1S/C31H32N4O3S/c1-22(2)35(30(38)25-16-10-5-11-17-25)20-29(37)34-31-32-26(21-39-31)19-28(36)33-27(24-14-8-4-9-15-24)18-23-12-6-3-7-13-23/h3-17,21-22,27H,18-20H2,1-2H3,(H,33,36)(H,32,34,37)/t27-/m1/s1. The van der Waals surface area contributed by atoms with Gasteiger partial charge in [0.15, 0.2) is 5.13 Å². The average molecular weight is 541 g/mol. The van der Waals surface area contributed by atoms with Crippen LogP contribution in [-0.2, 0) is 22.4 Å². The third-order valence-electron chi connectivity index (χ3n) is 6.18. The number of aromatic nitrogens is 1. The van der Waals surface area contributed by atoms with E-state index in [9.17, 15) is 14.4 Å². The van der Waals surface area contributed by atoms with Crippen LogP contribution in [0.15, 0.2) is 96.4 Å². The number of carbonyl (C=O) groups is 3. The molecule has 0 spiro atoms. The van der Waals surface area contributed by atoms with E-state index in [0.29, 0.717) is 22.8 Å². The molecule has 3 aromatic carbocycles. The van der Waals surface area contributed by atoms with Crippen molar-refractivity contribution in [3.8, 4) is 0 Å². The van der Waals surface area contributed by atoms with Crippen molar-refractivity contribution in [3.63, 3.8) is 0 Å². The fraction of sp³-hybridized carbons (Fsp3) is 0.226. The molecule has 4 aromatic rings. The summed E-state index contributed by atoms with van der Waals surface area (Å²) in [4.78, 5) is 44.6. The van der Waals surface area contributed by atoms with Crippen molar-refractivity contribution in [3.05, 3.63) is 119 Å². The van der Waals surface area contributed by atoms with Gasteiger partial charge in [0, 0.05) is 17.0 Å². The molecule has 2 N–H and O–H groups in total. The van der Waals surface area contributed by atoms with Gasteiger partial charge in [-0.3, -0.25) is 14.4 Å². The summed E-state index contributed by atoms with van der Waals surface area (Å²) in [6.45, 7) is 3.64. The Labute approximate surface area is 232 Å². The third kappa shape index (κ3) is 8.09. The molecule has 7 nitrogen and oxygen atoms in total. The van der Waals surface area contributed by atoms with Crippen LogP contribution in [0.25, 0.3) is 0 Å². The van der Waals surface area contributed by atoms with E-state index in [1.54, 1.807) is 29.6 Å². The number of amides is 3. The van der Waals surface area contributed by atoms with Gasteiger partial charge in [-0.15, -0.1) is 11.3 Å². The van der Waals surface area contributed by atoms with Crippen LogP contribution in [0.3, 0.4) is 0 Å². The normalized spacial score (nSPS) is 11.6. The molecule has 0 aliphatic heterocycles. The first-order valence-corrected chi connectivity index (χ1v) is 13.8. The summed E-state index contributed by atoms with van der Waals surface area (Å²) in [7, 11) is 0. The number of benzene rings is 3. The molecule has 1 atom stereocenters. The minimum Gasteiger partial charge on any atom is -0.349 e. The van der Waals surface area contributed by atoms with Crippen molar-refractivity contribution < 1.29 is 14.4 Å². The van der Waals surface area contributed by atoms with E-state index in [-0.39, 0.29) is 42.8 Å². The van der Waals surface area contributed by atoms with E-state index in [1.807, 2.05) is 80.6 Å². The van der Waals surface area contributed by atoms with Crippen molar-refractivity contribution in [2.45, 2.75) is 38.8 Å². The van der Waals surface area contributed by atoms with Crippen molar-refractivity contribution in [1.29, 1.82) is 0 Å². The molecule has 1 aromatic heterocycles. The van der Waals surface area contributed by atoms with Gasteiger partial charge in [0.1, 0.15) is 6.54 Å². The molecule has 0 saturated heterocycles. The Bertz CT molecular complexity index is 1370. The molecule has 8 heteroatoms. The lowest BCUT2D eigenvalue weighted by Gasteiger charge is -2.26. The highest BCUT2D eigenvalue weighted by molar-refractivity contribution is 7.13. The van der Waals surface area contributed by atoms with Crippen LogP contribution in [0, 0.1) is 0 Å². The van der Waals surface area contributed by atoms with Crippen LogP contribution in [0.5, 0.6) is 0 Å². The first-order valence-electron chi connectivity index (χ1n) is 12.9. The molecule has 4 rings (SSSR count). The zero-order chi connectivity index (χ0) is 27.6. The Morgan fingerprint density at radius 1 is 0.846 bits per heavy atom. The van der Waals surface area contributed by atoms with Gasteiger partial charge in [0.2, 0.25) is 11.8 Å². The zero-order valence-corrected chi connectivity index (χ0v) is 22.9.